The van der Waals surface area contributed by atoms with Gasteiger partial charge in [0.05, 0.1) is 12.2 Å². The van der Waals surface area contributed by atoms with Gasteiger partial charge in [0.1, 0.15) is 11.3 Å². The van der Waals surface area contributed by atoms with E-state index in [9.17, 15) is 14.4 Å². The molecule has 0 saturated carbocycles. The van der Waals surface area contributed by atoms with Gasteiger partial charge in [-0.15, -0.1) is 0 Å². The second-order valence-corrected chi connectivity index (χ2v) is 7.77. The van der Waals surface area contributed by atoms with Crippen LogP contribution in [0, 0.1) is 0 Å². The Balaban J connectivity index is 1.96. The van der Waals surface area contributed by atoms with Crippen LogP contribution in [0.1, 0.15) is 53.1 Å². The fourth-order valence-corrected chi connectivity index (χ4v) is 3.19. The zero-order valence-corrected chi connectivity index (χ0v) is 19.9. The Morgan fingerprint density at radius 2 is 1.76 bits per heavy atom. The minimum Gasteiger partial charge on any atom is -0.462 e. The molecule has 0 atom stereocenters. The lowest BCUT2D eigenvalue weighted by atomic mass is 10.1. The minimum absolute atomic E-state index is 0.116. The number of esters is 2. The van der Waals surface area contributed by atoms with E-state index in [0.717, 1.165) is 6.54 Å². The van der Waals surface area contributed by atoms with Crippen molar-refractivity contribution in [3.05, 3.63) is 59.4 Å². The Bertz CT molecular complexity index is 945. The highest BCUT2D eigenvalue weighted by atomic mass is 16.5. The van der Waals surface area contributed by atoms with Crippen LogP contribution < -0.4 is 4.74 Å². The van der Waals surface area contributed by atoms with Gasteiger partial charge in [0.15, 0.2) is 0 Å². The zero-order chi connectivity index (χ0) is 24.2. The van der Waals surface area contributed by atoms with E-state index < -0.39 is 11.9 Å². The van der Waals surface area contributed by atoms with E-state index >= 15 is 0 Å². The van der Waals surface area contributed by atoms with Crippen LogP contribution in [0.25, 0.3) is 0 Å². The van der Waals surface area contributed by atoms with Crippen molar-refractivity contribution < 1.29 is 23.9 Å². The molecule has 0 aliphatic heterocycles. The molecule has 8 heteroatoms. The van der Waals surface area contributed by atoms with Crippen LogP contribution in [0.2, 0.25) is 0 Å². The molecule has 0 saturated heterocycles. The molecule has 1 amide bonds. The second kappa shape index (κ2) is 13.3. The quantitative estimate of drug-likeness (QED) is 0.359. The number of aryl methyl sites for hydroxylation is 1. The summed E-state index contributed by atoms with van der Waals surface area (Å²) in [5.74, 6) is -0.882. The summed E-state index contributed by atoms with van der Waals surface area (Å²) >= 11 is 0. The SMILES string of the molecule is CCOC(=O)c1ccccc1OC(=O)c1ccnc(CCCC(=O)N(CC)CCN(C)C)c1. The molecule has 0 aliphatic carbocycles. The number of carbonyl (C=O) groups is 3. The van der Waals surface area contributed by atoms with Crippen LogP contribution in [-0.2, 0) is 16.0 Å². The Morgan fingerprint density at radius 1 is 1.00 bits per heavy atom. The molecule has 0 N–H and O–H groups in total. The molecule has 0 unspecified atom stereocenters. The van der Waals surface area contributed by atoms with E-state index in [-0.39, 0.29) is 23.8 Å². The number of likely N-dealkylation sites (N-methyl/N-ethyl adjacent to an activating group) is 2. The standard InChI is InChI=1S/C25H33N3O5/c1-5-28(17-16-27(3)4)23(29)13-9-10-20-18-19(14-15-26-20)24(30)33-22-12-8-7-11-21(22)25(31)32-6-2/h7-8,11-12,14-15,18H,5-6,9-10,13,16-17H2,1-4H3. The van der Waals surface area contributed by atoms with E-state index in [0.29, 0.717) is 43.6 Å². The maximum atomic E-state index is 12.7. The van der Waals surface area contributed by atoms with Gasteiger partial charge in [-0.05, 0) is 65.0 Å². The number of pyridine rings is 1. The van der Waals surface area contributed by atoms with Crippen molar-refractivity contribution in [3.63, 3.8) is 0 Å². The van der Waals surface area contributed by atoms with Crippen molar-refractivity contribution in [2.24, 2.45) is 0 Å². The van der Waals surface area contributed by atoms with Crippen LogP contribution in [0.4, 0.5) is 0 Å². The first-order valence-corrected chi connectivity index (χ1v) is 11.2. The molecule has 0 spiro atoms. The van der Waals surface area contributed by atoms with Gasteiger partial charge >= 0.3 is 11.9 Å². The molecule has 0 radical (unpaired) electrons. The highest BCUT2D eigenvalue weighted by molar-refractivity contribution is 5.96. The van der Waals surface area contributed by atoms with Crippen LogP contribution in [0.3, 0.4) is 0 Å². The van der Waals surface area contributed by atoms with Crippen LogP contribution >= 0.6 is 0 Å². The average Bonchev–Trinajstić information content (AvgIpc) is 2.80. The number of nitrogens with zero attached hydrogens (tertiary/aromatic N) is 3. The summed E-state index contributed by atoms with van der Waals surface area (Å²) in [6.07, 6.45) is 3.16. The third kappa shape index (κ3) is 8.31. The lowest BCUT2D eigenvalue weighted by Gasteiger charge is -2.22. The molecule has 2 rings (SSSR count). The first-order valence-electron chi connectivity index (χ1n) is 11.2. The van der Waals surface area contributed by atoms with E-state index in [4.69, 9.17) is 9.47 Å². The second-order valence-electron chi connectivity index (χ2n) is 7.77. The largest absolute Gasteiger partial charge is 0.462 e. The normalized spacial score (nSPS) is 10.7. The van der Waals surface area contributed by atoms with Crippen LogP contribution in [0.15, 0.2) is 42.6 Å². The van der Waals surface area contributed by atoms with Crippen LogP contribution in [0.5, 0.6) is 5.75 Å². The number of benzene rings is 1. The monoisotopic (exact) mass is 455 g/mol. The zero-order valence-electron chi connectivity index (χ0n) is 19.9. The summed E-state index contributed by atoms with van der Waals surface area (Å²) in [5, 5.41) is 0. The van der Waals surface area contributed by atoms with Gasteiger partial charge in [-0.2, -0.15) is 0 Å². The van der Waals surface area contributed by atoms with Crippen molar-refractivity contribution in [2.75, 3.05) is 40.3 Å². The van der Waals surface area contributed by atoms with E-state index in [1.165, 1.54) is 0 Å². The van der Waals surface area contributed by atoms with Crippen molar-refractivity contribution >= 4 is 17.8 Å². The van der Waals surface area contributed by atoms with Crippen LogP contribution in [-0.4, -0.2) is 73.0 Å². The third-order valence-electron chi connectivity index (χ3n) is 5.01. The minimum atomic E-state index is -0.590. The predicted molar refractivity (Wildman–Crippen MR) is 125 cm³/mol. The summed E-state index contributed by atoms with van der Waals surface area (Å²) in [5.41, 5.74) is 1.22. The number of aromatic nitrogens is 1. The summed E-state index contributed by atoms with van der Waals surface area (Å²) in [7, 11) is 3.97. The Hall–Kier alpha value is -3.26. The number of carbonyl (C=O) groups excluding carboxylic acids is 3. The van der Waals surface area contributed by atoms with Crippen molar-refractivity contribution in [1.29, 1.82) is 0 Å². The molecule has 1 aromatic heterocycles. The van der Waals surface area contributed by atoms with Gasteiger partial charge in [-0.1, -0.05) is 12.1 Å². The van der Waals surface area contributed by atoms with Crippen molar-refractivity contribution in [3.8, 4) is 5.75 Å². The molecule has 0 bridgehead atoms. The molecule has 1 heterocycles. The number of ether oxygens (including phenoxy) is 2. The molecule has 2 aromatic rings. The molecule has 33 heavy (non-hydrogen) atoms. The molecular weight excluding hydrogens is 422 g/mol. The lowest BCUT2D eigenvalue weighted by Crippen LogP contribution is -2.36. The fourth-order valence-electron chi connectivity index (χ4n) is 3.19. The summed E-state index contributed by atoms with van der Waals surface area (Å²) < 4.78 is 10.5. The van der Waals surface area contributed by atoms with Crippen molar-refractivity contribution in [2.45, 2.75) is 33.1 Å². The van der Waals surface area contributed by atoms with Gasteiger partial charge < -0.3 is 19.3 Å². The average molecular weight is 456 g/mol. The maximum absolute atomic E-state index is 12.7. The molecule has 8 nitrogen and oxygen atoms in total. The Labute approximate surface area is 195 Å². The summed E-state index contributed by atoms with van der Waals surface area (Å²) in [6, 6.07) is 9.67. The van der Waals surface area contributed by atoms with Gasteiger partial charge in [0, 0.05) is 37.9 Å². The first kappa shape index (κ1) is 26.0. The molecule has 178 valence electrons. The predicted octanol–water partition coefficient (Wildman–Crippen LogP) is 3.21. The smallest absolute Gasteiger partial charge is 0.343 e. The summed E-state index contributed by atoms with van der Waals surface area (Å²) in [4.78, 5) is 45.4. The number of hydrogen-bond acceptors (Lipinski definition) is 7. The van der Waals surface area contributed by atoms with E-state index in [1.54, 1.807) is 49.5 Å². The lowest BCUT2D eigenvalue weighted by molar-refractivity contribution is -0.131. The third-order valence-corrected chi connectivity index (χ3v) is 5.01. The Kier molecular flexibility index (Phi) is 10.5. The van der Waals surface area contributed by atoms with Crippen molar-refractivity contribution in [1.82, 2.24) is 14.8 Å². The highest BCUT2D eigenvalue weighted by Gasteiger charge is 2.18. The van der Waals surface area contributed by atoms with Gasteiger partial charge in [-0.25, -0.2) is 9.59 Å². The fraction of sp³-hybridized carbons (Fsp3) is 0.440. The number of hydrogen-bond donors (Lipinski definition) is 0. The Morgan fingerprint density at radius 3 is 2.45 bits per heavy atom. The topological polar surface area (TPSA) is 89.0 Å². The van der Waals surface area contributed by atoms with E-state index in [2.05, 4.69) is 9.88 Å². The maximum Gasteiger partial charge on any atom is 0.343 e. The van der Waals surface area contributed by atoms with Gasteiger partial charge in [0.2, 0.25) is 5.91 Å². The van der Waals surface area contributed by atoms with Gasteiger partial charge in [-0.3, -0.25) is 9.78 Å². The van der Waals surface area contributed by atoms with E-state index in [1.807, 2.05) is 25.9 Å². The molecule has 0 fully saturated rings. The number of rotatable bonds is 12. The molecule has 0 aliphatic rings. The first-order chi connectivity index (χ1) is 15.8. The highest BCUT2D eigenvalue weighted by Crippen LogP contribution is 2.20. The number of amides is 1. The molecular formula is C25H33N3O5. The molecule has 1 aromatic carbocycles. The summed E-state index contributed by atoms with van der Waals surface area (Å²) in [6.45, 7) is 6.12. The number of para-hydroxylation sites is 1. The van der Waals surface area contributed by atoms with Gasteiger partial charge in [0.25, 0.3) is 0 Å².